The summed E-state index contributed by atoms with van der Waals surface area (Å²) in [5, 5.41) is 0. The molecule has 1 aliphatic rings. The van der Waals surface area contributed by atoms with E-state index in [1.54, 1.807) is 12.1 Å². The Bertz CT molecular complexity index is 476. The van der Waals surface area contributed by atoms with Gasteiger partial charge in [0, 0.05) is 0 Å². The van der Waals surface area contributed by atoms with Crippen LogP contribution in [0, 0.1) is 6.92 Å². The largest absolute Gasteiger partial charge is 0.352 e. The minimum Gasteiger partial charge on any atom is -0.352 e. The zero-order chi connectivity index (χ0) is 12.5. The zero-order valence-electron chi connectivity index (χ0n) is 10.2. The van der Waals surface area contributed by atoms with Crippen molar-refractivity contribution >= 4 is 9.84 Å². The Labute approximate surface area is 103 Å². The Kier molecular flexibility index (Phi) is 3.54. The first-order chi connectivity index (χ1) is 8.05. The Morgan fingerprint density at radius 3 is 2.47 bits per heavy atom. The second-order valence-corrected chi connectivity index (χ2v) is 6.57. The molecule has 0 aliphatic carbocycles. The average Bonchev–Trinajstić information content (AvgIpc) is 3.07. The van der Waals surface area contributed by atoms with E-state index in [1.807, 2.05) is 19.1 Å². The van der Waals surface area contributed by atoms with Crippen molar-refractivity contribution in [2.24, 2.45) is 0 Å². The average molecular weight is 254 g/mol. The highest BCUT2D eigenvalue weighted by atomic mass is 32.2. The maximum absolute atomic E-state index is 12.2. The van der Waals surface area contributed by atoms with Crippen LogP contribution >= 0.6 is 0 Å². The van der Waals surface area contributed by atoms with E-state index in [-0.39, 0.29) is 6.10 Å². The maximum Gasteiger partial charge on any atom is 0.207 e. The molecular formula is C13H18O3S. The van der Waals surface area contributed by atoms with Gasteiger partial charge in [-0.1, -0.05) is 37.5 Å². The smallest absolute Gasteiger partial charge is 0.207 e. The van der Waals surface area contributed by atoms with E-state index in [2.05, 4.69) is 6.92 Å². The standard InChI is InChI=1S/C13H18O3S/c1-3-4-5-12-13(16-12)17(14,15)11-8-6-10(2)7-9-11/h6-9,12-13H,3-5H2,1-2H3/t12-,13-/m1/s1. The van der Waals surface area contributed by atoms with Crippen molar-refractivity contribution < 1.29 is 13.2 Å². The molecule has 0 spiro atoms. The topological polar surface area (TPSA) is 46.7 Å². The van der Waals surface area contributed by atoms with Gasteiger partial charge in [0.15, 0.2) is 5.44 Å². The summed E-state index contributed by atoms with van der Waals surface area (Å²) >= 11 is 0. The van der Waals surface area contributed by atoms with Crippen LogP contribution in [0.5, 0.6) is 0 Å². The highest BCUT2D eigenvalue weighted by Crippen LogP contribution is 2.35. The summed E-state index contributed by atoms with van der Waals surface area (Å²) in [6, 6.07) is 6.94. The number of hydrogen-bond donors (Lipinski definition) is 0. The fourth-order valence-corrected chi connectivity index (χ4v) is 3.48. The summed E-state index contributed by atoms with van der Waals surface area (Å²) in [6.45, 7) is 4.03. The van der Waals surface area contributed by atoms with Gasteiger partial charge in [-0.25, -0.2) is 8.42 Å². The van der Waals surface area contributed by atoms with Crippen LogP contribution in [0.1, 0.15) is 31.7 Å². The molecule has 94 valence electrons. The van der Waals surface area contributed by atoms with Crippen LogP contribution in [0.15, 0.2) is 29.2 Å². The fraction of sp³-hybridized carbons (Fsp3) is 0.538. The molecule has 2 rings (SSSR count). The molecule has 4 heteroatoms. The first kappa shape index (κ1) is 12.6. The zero-order valence-corrected chi connectivity index (χ0v) is 11.0. The normalized spacial score (nSPS) is 23.6. The molecule has 1 aromatic rings. The van der Waals surface area contributed by atoms with E-state index in [0.717, 1.165) is 24.8 Å². The second kappa shape index (κ2) is 4.78. The van der Waals surface area contributed by atoms with Crippen LogP contribution in [0.3, 0.4) is 0 Å². The van der Waals surface area contributed by atoms with E-state index in [0.29, 0.717) is 4.90 Å². The number of benzene rings is 1. The molecule has 3 nitrogen and oxygen atoms in total. The molecule has 17 heavy (non-hydrogen) atoms. The van der Waals surface area contributed by atoms with Crippen LogP contribution in [0.2, 0.25) is 0 Å². The summed E-state index contributed by atoms with van der Waals surface area (Å²) in [6.07, 6.45) is 2.83. The van der Waals surface area contributed by atoms with Crippen LogP contribution in [-0.2, 0) is 14.6 Å². The summed E-state index contributed by atoms with van der Waals surface area (Å²) in [4.78, 5) is 0.368. The minimum absolute atomic E-state index is 0.0961. The van der Waals surface area contributed by atoms with Crippen LogP contribution in [-0.4, -0.2) is 20.0 Å². The molecule has 0 unspecified atom stereocenters. The third-order valence-corrected chi connectivity index (χ3v) is 4.99. The Hall–Kier alpha value is -0.870. The van der Waals surface area contributed by atoms with Crippen molar-refractivity contribution in [1.29, 1.82) is 0 Å². The highest BCUT2D eigenvalue weighted by Gasteiger charge is 2.49. The Balaban J connectivity index is 2.08. The molecule has 0 saturated carbocycles. The van der Waals surface area contributed by atoms with E-state index in [9.17, 15) is 8.42 Å². The first-order valence-electron chi connectivity index (χ1n) is 6.01. The van der Waals surface area contributed by atoms with Crippen molar-refractivity contribution in [3.63, 3.8) is 0 Å². The molecule has 0 radical (unpaired) electrons. The molecule has 1 heterocycles. The lowest BCUT2D eigenvalue weighted by Gasteiger charge is -2.01. The molecule has 1 aliphatic heterocycles. The maximum atomic E-state index is 12.2. The highest BCUT2D eigenvalue weighted by molar-refractivity contribution is 7.92. The number of unbranched alkanes of at least 4 members (excludes halogenated alkanes) is 1. The van der Waals surface area contributed by atoms with Gasteiger partial charge in [-0.15, -0.1) is 0 Å². The Morgan fingerprint density at radius 2 is 1.88 bits per heavy atom. The third kappa shape index (κ3) is 2.69. The molecule has 1 saturated heterocycles. The van der Waals surface area contributed by atoms with Crippen molar-refractivity contribution in [2.75, 3.05) is 0 Å². The second-order valence-electron chi connectivity index (χ2n) is 4.54. The van der Waals surface area contributed by atoms with Gasteiger partial charge in [0.2, 0.25) is 9.84 Å². The number of hydrogen-bond acceptors (Lipinski definition) is 3. The van der Waals surface area contributed by atoms with Gasteiger partial charge >= 0.3 is 0 Å². The van der Waals surface area contributed by atoms with E-state index < -0.39 is 15.3 Å². The van der Waals surface area contributed by atoms with Crippen molar-refractivity contribution in [3.05, 3.63) is 29.8 Å². The molecule has 0 bridgehead atoms. The van der Waals surface area contributed by atoms with Crippen molar-refractivity contribution in [2.45, 2.75) is 49.5 Å². The van der Waals surface area contributed by atoms with Crippen molar-refractivity contribution in [3.8, 4) is 0 Å². The molecule has 0 amide bonds. The van der Waals surface area contributed by atoms with E-state index in [4.69, 9.17) is 4.74 Å². The monoisotopic (exact) mass is 254 g/mol. The van der Waals surface area contributed by atoms with Gasteiger partial charge in [0.05, 0.1) is 4.90 Å². The first-order valence-corrected chi connectivity index (χ1v) is 7.56. The Morgan fingerprint density at radius 1 is 1.24 bits per heavy atom. The van der Waals surface area contributed by atoms with Crippen LogP contribution in [0.4, 0.5) is 0 Å². The number of sulfone groups is 1. The lowest BCUT2D eigenvalue weighted by Crippen LogP contribution is -2.11. The van der Waals surface area contributed by atoms with Crippen LogP contribution in [0.25, 0.3) is 0 Å². The summed E-state index contributed by atoms with van der Waals surface area (Å²) < 4.78 is 29.6. The SMILES string of the molecule is CCCC[C@H]1O[C@@H]1S(=O)(=O)c1ccc(C)cc1. The number of epoxide rings is 1. The lowest BCUT2D eigenvalue weighted by molar-refractivity contribution is 0.379. The molecule has 1 fully saturated rings. The number of rotatable bonds is 5. The quantitative estimate of drug-likeness (QED) is 0.759. The molecular weight excluding hydrogens is 236 g/mol. The van der Waals surface area contributed by atoms with Crippen molar-refractivity contribution in [1.82, 2.24) is 0 Å². The predicted octanol–water partition coefficient (Wildman–Crippen LogP) is 2.68. The van der Waals surface area contributed by atoms with Gasteiger partial charge < -0.3 is 4.74 Å². The lowest BCUT2D eigenvalue weighted by atomic mass is 10.2. The fourth-order valence-electron chi connectivity index (χ4n) is 1.87. The summed E-state index contributed by atoms with van der Waals surface area (Å²) in [5.74, 6) is 0. The van der Waals surface area contributed by atoms with E-state index >= 15 is 0 Å². The number of ether oxygens (including phenoxy) is 1. The molecule has 0 aromatic heterocycles. The predicted molar refractivity (Wildman–Crippen MR) is 66.6 cm³/mol. The summed E-state index contributed by atoms with van der Waals surface area (Å²) in [7, 11) is -3.28. The van der Waals surface area contributed by atoms with Gasteiger partial charge in [0.1, 0.15) is 6.10 Å². The third-order valence-electron chi connectivity index (χ3n) is 3.03. The molecule has 1 aromatic carbocycles. The van der Waals surface area contributed by atoms with Gasteiger partial charge in [0.25, 0.3) is 0 Å². The van der Waals surface area contributed by atoms with E-state index in [1.165, 1.54) is 0 Å². The van der Waals surface area contributed by atoms with Gasteiger partial charge in [-0.2, -0.15) is 0 Å². The minimum atomic E-state index is -3.28. The van der Waals surface area contributed by atoms with Crippen LogP contribution < -0.4 is 0 Å². The summed E-state index contributed by atoms with van der Waals surface area (Å²) in [5.41, 5.74) is 0.444. The number of aryl methyl sites for hydroxylation is 1. The van der Waals surface area contributed by atoms with Gasteiger partial charge in [-0.05, 0) is 25.5 Å². The molecule has 0 N–H and O–H groups in total. The van der Waals surface area contributed by atoms with Gasteiger partial charge in [-0.3, -0.25) is 0 Å². The molecule has 2 atom stereocenters.